The summed E-state index contributed by atoms with van der Waals surface area (Å²) in [6.07, 6.45) is -4.74. The number of nitrogens with one attached hydrogen (secondary N) is 1. The molecule has 2 unspecified atom stereocenters. The molecule has 1 fully saturated rings. The van der Waals surface area contributed by atoms with E-state index in [2.05, 4.69) is 15.3 Å². The molecule has 0 aromatic rings. The van der Waals surface area contributed by atoms with E-state index in [1.54, 1.807) is 13.0 Å². The number of aliphatic hydroxyl groups is 2. The largest absolute Gasteiger partial charge is 0.392 e. The van der Waals surface area contributed by atoms with Gasteiger partial charge in [0.05, 0.1) is 12.9 Å². The number of aliphatic imine (C=N–C) groups is 2. The van der Waals surface area contributed by atoms with Gasteiger partial charge in [-0.2, -0.15) is 5.26 Å². The van der Waals surface area contributed by atoms with Crippen molar-refractivity contribution < 1.29 is 24.1 Å². The van der Waals surface area contributed by atoms with Gasteiger partial charge >= 0.3 is 0 Å². The first kappa shape index (κ1) is 14.8. The van der Waals surface area contributed by atoms with Crippen LogP contribution in [0.2, 0.25) is 0 Å². The fourth-order valence-corrected chi connectivity index (χ4v) is 2.74. The lowest BCUT2D eigenvalue weighted by atomic mass is 9.98. The van der Waals surface area contributed by atoms with Gasteiger partial charge in [-0.05, 0) is 6.92 Å². The molecule has 9 nitrogen and oxygen atoms in total. The SMILES string of the molecule is CC1=NC2C(N=CN2[C@@H]2O[C@](C#N)(CO)[C@@H](O)[C@H]2F)C(=O)N1. The predicted octanol–water partition coefficient (Wildman–Crippen LogP) is -2.12. The Morgan fingerprint density at radius 3 is 3.00 bits per heavy atom. The molecule has 0 saturated carbocycles. The molecule has 0 aromatic carbocycles. The van der Waals surface area contributed by atoms with E-state index < -0.39 is 42.9 Å². The Bertz CT molecular complexity index is 605. The lowest BCUT2D eigenvalue weighted by Crippen LogP contribution is -2.54. The van der Waals surface area contributed by atoms with E-state index in [-0.39, 0.29) is 5.91 Å². The van der Waals surface area contributed by atoms with E-state index in [0.29, 0.717) is 5.84 Å². The van der Waals surface area contributed by atoms with E-state index in [4.69, 9.17) is 10.00 Å². The number of ether oxygens (including phenoxy) is 1. The standard InChI is InChI=1S/C12H14FN5O4/c1-5-16-9-7(10(21)17-5)15-4-18(9)11-6(13)8(20)12(2-14,3-19)22-11/h4,6-9,11,19-20H,3H2,1H3,(H,16,17,21)/t6-,7?,8+,9?,11-,12-/m1/s1. The maximum Gasteiger partial charge on any atom is 0.254 e. The molecule has 6 atom stereocenters. The van der Waals surface area contributed by atoms with Gasteiger partial charge in [0.2, 0.25) is 5.60 Å². The molecule has 3 aliphatic rings. The number of nitrogens with zero attached hydrogens (tertiary/aromatic N) is 4. The maximum atomic E-state index is 14.4. The number of rotatable bonds is 2. The van der Waals surface area contributed by atoms with Gasteiger partial charge in [-0.15, -0.1) is 0 Å². The van der Waals surface area contributed by atoms with Crippen LogP contribution in [0.25, 0.3) is 0 Å². The first-order chi connectivity index (χ1) is 10.4. The molecule has 3 N–H and O–H groups in total. The normalized spacial score (nSPS) is 43.6. The van der Waals surface area contributed by atoms with E-state index in [1.165, 1.54) is 11.2 Å². The second-order valence-corrected chi connectivity index (χ2v) is 5.33. The average Bonchev–Trinajstić information content (AvgIpc) is 3.01. The molecule has 0 bridgehead atoms. The van der Waals surface area contributed by atoms with Crippen molar-refractivity contribution in [3.8, 4) is 6.07 Å². The molecular weight excluding hydrogens is 297 g/mol. The summed E-state index contributed by atoms with van der Waals surface area (Å²) in [5.41, 5.74) is -2.05. The third-order valence-electron chi connectivity index (χ3n) is 3.95. The maximum absolute atomic E-state index is 14.4. The Morgan fingerprint density at radius 2 is 2.41 bits per heavy atom. The summed E-state index contributed by atoms with van der Waals surface area (Å²) in [5.74, 6) is -0.0247. The Labute approximate surface area is 124 Å². The van der Waals surface area contributed by atoms with Crippen LogP contribution in [0.15, 0.2) is 9.98 Å². The number of amidine groups is 1. The monoisotopic (exact) mass is 311 g/mol. The highest BCUT2D eigenvalue weighted by Gasteiger charge is 2.59. The van der Waals surface area contributed by atoms with Crippen LogP contribution in [0.3, 0.4) is 0 Å². The number of amides is 1. The third kappa shape index (κ3) is 1.90. The molecule has 3 aliphatic heterocycles. The lowest BCUT2D eigenvalue weighted by Gasteiger charge is -2.32. The Balaban J connectivity index is 1.90. The molecule has 0 aromatic heterocycles. The van der Waals surface area contributed by atoms with E-state index in [0.717, 1.165) is 0 Å². The van der Waals surface area contributed by atoms with Crippen LogP contribution >= 0.6 is 0 Å². The topological polar surface area (TPSA) is 131 Å². The van der Waals surface area contributed by atoms with Crippen LogP contribution in [0.5, 0.6) is 0 Å². The van der Waals surface area contributed by atoms with Crippen molar-refractivity contribution >= 4 is 18.1 Å². The van der Waals surface area contributed by atoms with Gasteiger partial charge in [0.25, 0.3) is 5.91 Å². The number of halogens is 1. The summed E-state index contributed by atoms with van der Waals surface area (Å²) in [5, 5.41) is 30.7. The summed E-state index contributed by atoms with van der Waals surface area (Å²) >= 11 is 0. The summed E-state index contributed by atoms with van der Waals surface area (Å²) in [7, 11) is 0. The summed E-state index contributed by atoms with van der Waals surface area (Å²) in [4.78, 5) is 21.2. The quantitative estimate of drug-likeness (QED) is 0.534. The summed E-state index contributed by atoms with van der Waals surface area (Å²) in [6, 6.07) is 0.757. The molecular formula is C12H14FN5O4. The van der Waals surface area contributed by atoms with Crippen LogP contribution in [0.4, 0.5) is 4.39 Å². The highest BCUT2D eigenvalue weighted by molar-refractivity contribution is 6.03. The molecule has 0 aliphatic carbocycles. The number of aliphatic hydroxyl groups excluding tert-OH is 2. The number of fused-ring (bicyclic) bond motifs is 1. The van der Waals surface area contributed by atoms with Crippen molar-refractivity contribution in [2.45, 2.75) is 43.2 Å². The minimum atomic E-state index is -2.05. The molecule has 10 heteroatoms. The molecule has 0 radical (unpaired) electrons. The van der Waals surface area contributed by atoms with Gasteiger partial charge in [0, 0.05) is 0 Å². The fourth-order valence-electron chi connectivity index (χ4n) is 2.74. The average molecular weight is 311 g/mol. The first-order valence-electron chi connectivity index (χ1n) is 6.61. The van der Waals surface area contributed by atoms with Gasteiger partial charge in [-0.1, -0.05) is 0 Å². The van der Waals surface area contributed by atoms with E-state index in [9.17, 15) is 19.4 Å². The molecule has 1 amide bonds. The van der Waals surface area contributed by atoms with E-state index in [1.807, 2.05) is 0 Å². The van der Waals surface area contributed by atoms with Crippen LogP contribution in [0.1, 0.15) is 6.92 Å². The van der Waals surface area contributed by atoms with Crippen molar-refractivity contribution in [3.63, 3.8) is 0 Å². The molecule has 3 rings (SSSR count). The Hall–Kier alpha value is -2.09. The van der Waals surface area contributed by atoms with Crippen molar-refractivity contribution in [2.75, 3.05) is 6.61 Å². The summed E-state index contributed by atoms with van der Waals surface area (Å²) < 4.78 is 19.6. The number of nitriles is 1. The zero-order valence-electron chi connectivity index (χ0n) is 11.5. The summed E-state index contributed by atoms with van der Waals surface area (Å²) in [6.45, 7) is 0.721. The van der Waals surface area contributed by atoms with Crippen LogP contribution in [-0.2, 0) is 9.53 Å². The van der Waals surface area contributed by atoms with Crippen molar-refractivity contribution in [1.82, 2.24) is 10.2 Å². The van der Waals surface area contributed by atoms with Crippen LogP contribution in [0, 0.1) is 11.3 Å². The van der Waals surface area contributed by atoms with E-state index >= 15 is 0 Å². The van der Waals surface area contributed by atoms with Crippen molar-refractivity contribution in [2.24, 2.45) is 9.98 Å². The highest BCUT2D eigenvalue weighted by Crippen LogP contribution is 2.36. The minimum absolute atomic E-state index is 0.351. The van der Waals surface area contributed by atoms with Crippen LogP contribution in [-0.4, -0.2) is 76.1 Å². The number of carbonyl (C=O) groups excluding carboxylic acids is 1. The minimum Gasteiger partial charge on any atom is -0.392 e. The predicted molar refractivity (Wildman–Crippen MR) is 70.4 cm³/mol. The zero-order chi connectivity index (χ0) is 16.1. The first-order valence-corrected chi connectivity index (χ1v) is 6.61. The Kier molecular flexibility index (Phi) is 3.36. The van der Waals surface area contributed by atoms with Gasteiger partial charge < -0.3 is 25.2 Å². The number of hydrogen-bond donors (Lipinski definition) is 3. The Morgan fingerprint density at radius 1 is 1.68 bits per heavy atom. The number of hydrogen-bond acceptors (Lipinski definition) is 8. The molecule has 0 spiro atoms. The van der Waals surface area contributed by atoms with Crippen LogP contribution < -0.4 is 5.32 Å². The van der Waals surface area contributed by atoms with Gasteiger partial charge in [0.1, 0.15) is 18.0 Å². The molecule has 3 heterocycles. The molecule has 118 valence electrons. The third-order valence-corrected chi connectivity index (χ3v) is 3.95. The smallest absolute Gasteiger partial charge is 0.254 e. The van der Waals surface area contributed by atoms with Crippen molar-refractivity contribution in [3.05, 3.63) is 0 Å². The molecule has 1 saturated heterocycles. The highest BCUT2D eigenvalue weighted by atomic mass is 19.1. The van der Waals surface area contributed by atoms with Crippen molar-refractivity contribution in [1.29, 1.82) is 5.26 Å². The van der Waals surface area contributed by atoms with Gasteiger partial charge in [-0.25, -0.2) is 9.38 Å². The molecule has 22 heavy (non-hydrogen) atoms. The number of alkyl halides is 1. The zero-order valence-corrected chi connectivity index (χ0v) is 11.5. The fraction of sp³-hybridized carbons (Fsp3) is 0.667. The van der Waals surface area contributed by atoms with Gasteiger partial charge in [-0.3, -0.25) is 9.79 Å². The lowest BCUT2D eigenvalue weighted by molar-refractivity contribution is -0.125. The second-order valence-electron chi connectivity index (χ2n) is 5.33. The number of carbonyl (C=O) groups is 1. The van der Waals surface area contributed by atoms with Gasteiger partial charge in [0.15, 0.2) is 24.6 Å². The second kappa shape index (κ2) is 4.98.